The Bertz CT molecular complexity index is 743. The van der Waals surface area contributed by atoms with Gasteiger partial charge in [0.2, 0.25) is 5.58 Å². The van der Waals surface area contributed by atoms with E-state index in [1.54, 1.807) is 30.3 Å². The number of anilines is 1. The molecule has 0 saturated carbocycles. The molecule has 18 heavy (non-hydrogen) atoms. The molecule has 0 bridgehead atoms. The quantitative estimate of drug-likeness (QED) is 0.670. The molecule has 0 aliphatic heterocycles. The van der Waals surface area contributed by atoms with Crippen molar-refractivity contribution in [3.63, 3.8) is 0 Å². The van der Waals surface area contributed by atoms with Crippen LogP contribution in [0.25, 0.3) is 11.2 Å². The molecule has 3 N–H and O–H groups in total. The summed E-state index contributed by atoms with van der Waals surface area (Å²) in [6.07, 6.45) is 1.53. The number of aromatic amines is 1. The van der Waals surface area contributed by atoms with Crippen molar-refractivity contribution in [2.45, 2.75) is 0 Å². The third-order valence-electron chi connectivity index (χ3n) is 2.39. The lowest BCUT2D eigenvalue weighted by Crippen LogP contribution is -1.93. The summed E-state index contributed by atoms with van der Waals surface area (Å²) in [5, 5.41) is 0. The fourth-order valence-electron chi connectivity index (χ4n) is 1.58. The first-order chi connectivity index (χ1) is 8.72. The van der Waals surface area contributed by atoms with Crippen LogP contribution in [0.3, 0.4) is 0 Å². The fourth-order valence-corrected chi connectivity index (χ4v) is 1.58. The van der Waals surface area contributed by atoms with Gasteiger partial charge < -0.3 is 14.9 Å². The monoisotopic (exact) mass is 243 g/mol. The molecule has 0 amide bonds. The minimum Gasteiger partial charge on any atom is -0.453 e. The van der Waals surface area contributed by atoms with Gasteiger partial charge in [0.05, 0.1) is 0 Å². The molecule has 0 spiro atoms. The van der Waals surface area contributed by atoms with Gasteiger partial charge in [-0.3, -0.25) is 4.98 Å². The minimum atomic E-state index is -0.564. The Morgan fingerprint density at radius 1 is 1.22 bits per heavy atom. The van der Waals surface area contributed by atoms with Crippen LogP contribution in [0.2, 0.25) is 0 Å². The molecule has 6 nitrogen and oxygen atoms in total. The molecule has 6 heteroatoms. The van der Waals surface area contributed by atoms with Gasteiger partial charge in [-0.1, -0.05) is 0 Å². The highest BCUT2D eigenvalue weighted by atomic mass is 16.5. The van der Waals surface area contributed by atoms with Crippen molar-refractivity contribution >= 4 is 16.9 Å². The second kappa shape index (κ2) is 3.92. The van der Waals surface area contributed by atoms with Gasteiger partial charge in [-0.2, -0.15) is 0 Å². The molecule has 90 valence electrons. The zero-order chi connectivity index (χ0) is 12.5. The van der Waals surface area contributed by atoms with E-state index in [0.717, 1.165) is 0 Å². The lowest BCUT2D eigenvalue weighted by atomic mass is 10.3. The van der Waals surface area contributed by atoms with E-state index in [-0.39, 0.29) is 0 Å². The summed E-state index contributed by atoms with van der Waals surface area (Å²) in [5.41, 5.74) is 6.88. The molecule has 0 aliphatic carbocycles. The number of ether oxygens (including phenoxy) is 1. The molecule has 0 aliphatic rings. The van der Waals surface area contributed by atoms with Crippen molar-refractivity contribution in [3.05, 3.63) is 47.1 Å². The molecule has 2 heterocycles. The average Bonchev–Trinajstić information content (AvgIpc) is 2.73. The smallest absolute Gasteiger partial charge is 0.418 e. The van der Waals surface area contributed by atoms with Crippen LogP contribution in [0.1, 0.15) is 0 Å². The second-order valence-corrected chi connectivity index (χ2v) is 3.67. The highest BCUT2D eigenvalue weighted by Gasteiger charge is 2.09. The van der Waals surface area contributed by atoms with Gasteiger partial charge >= 0.3 is 5.76 Å². The van der Waals surface area contributed by atoms with Gasteiger partial charge in [-0.15, -0.1) is 0 Å². The van der Waals surface area contributed by atoms with Crippen molar-refractivity contribution in [2.75, 3.05) is 5.73 Å². The van der Waals surface area contributed by atoms with Crippen molar-refractivity contribution in [1.29, 1.82) is 0 Å². The number of aromatic nitrogens is 2. The number of nitrogens with zero attached hydrogens (tertiary/aromatic N) is 1. The largest absolute Gasteiger partial charge is 0.453 e. The van der Waals surface area contributed by atoms with Crippen LogP contribution in [0.15, 0.2) is 45.7 Å². The number of nitrogen functional groups attached to an aromatic ring is 1. The van der Waals surface area contributed by atoms with Crippen molar-refractivity contribution in [1.82, 2.24) is 9.97 Å². The number of H-pyrrole nitrogens is 1. The predicted molar refractivity (Wildman–Crippen MR) is 65.6 cm³/mol. The molecular weight excluding hydrogens is 234 g/mol. The summed E-state index contributed by atoms with van der Waals surface area (Å²) in [7, 11) is 0. The Hall–Kier alpha value is -2.76. The molecule has 3 aromatic rings. The third-order valence-corrected chi connectivity index (χ3v) is 2.39. The second-order valence-electron chi connectivity index (χ2n) is 3.67. The third kappa shape index (κ3) is 1.80. The highest BCUT2D eigenvalue weighted by molar-refractivity contribution is 5.75. The summed E-state index contributed by atoms with van der Waals surface area (Å²) < 4.78 is 10.6. The number of benzene rings is 1. The van der Waals surface area contributed by atoms with Gasteiger partial charge in [0.1, 0.15) is 5.75 Å². The Morgan fingerprint density at radius 3 is 2.78 bits per heavy atom. The van der Waals surface area contributed by atoms with Gasteiger partial charge in [0.25, 0.3) is 0 Å². The number of nitrogens with two attached hydrogens (primary N) is 1. The SMILES string of the molecule is Nc1ccc(Oc2ccnc3[nH]c(=O)oc23)cc1. The maximum atomic E-state index is 11.1. The number of hydrogen-bond donors (Lipinski definition) is 2. The van der Waals surface area contributed by atoms with Crippen LogP contribution < -0.4 is 16.2 Å². The number of oxazole rings is 1. The van der Waals surface area contributed by atoms with Crippen LogP contribution >= 0.6 is 0 Å². The van der Waals surface area contributed by atoms with E-state index in [1.807, 2.05) is 0 Å². The Kier molecular flexibility index (Phi) is 2.26. The standard InChI is InChI=1S/C12H9N3O3/c13-7-1-3-8(4-2-7)17-9-5-6-14-11-10(9)18-12(16)15-11/h1-6H,13H2,(H,14,15,16). The molecule has 0 atom stereocenters. The first kappa shape index (κ1) is 10.4. The lowest BCUT2D eigenvalue weighted by molar-refractivity contribution is 0.465. The van der Waals surface area contributed by atoms with E-state index in [0.29, 0.717) is 28.4 Å². The first-order valence-corrected chi connectivity index (χ1v) is 5.23. The molecule has 0 unspecified atom stereocenters. The average molecular weight is 243 g/mol. The number of fused-ring (bicyclic) bond motifs is 1. The van der Waals surface area contributed by atoms with Crippen LogP contribution in [-0.4, -0.2) is 9.97 Å². The van der Waals surface area contributed by atoms with Crippen molar-refractivity contribution in [2.24, 2.45) is 0 Å². The van der Waals surface area contributed by atoms with Gasteiger partial charge in [0.15, 0.2) is 11.4 Å². The van der Waals surface area contributed by atoms with E-state index >= 15 is 0 Å². The topological polar surface area (TPSA) is 94.1 Å². The Balaban J connectivity index is 2.04. The Labute approximate surface area is 101 Å². The normalized spacial score (nSPS) is 10.7. The summed E-state index contributed by atoms with van der Waals surface area (Å²) >= 11 is 0. The Morgan fingerprint density at radius 2 is 2.00 bits per heavy atom. The molecule has 0 saturated heterocycles. The van der Waals surface area contributed by atoms with E-state index in [1.165, 1.54) is 6.20 Å². The molecule has 0 fully saturated rings. The van der Waals surface area contributed by atoms with Crippen LogP contribution in [0.4, 0.5) is 5.69 Å². The van der Waals surface area contributed by atoms with Crippen LogP contribution in [-0.2, 0) is 0 Å². The maximum absolute atomic E-state index is 11.1. The summed E-state index contributed by atoms with van der Waals surface area (Å²) in [5.74, 6) is 0.453. The predicted octanol–water partition coefficient (Wildman–Crippen LogP) is 1.89. The number of nitrogens with one attached hydrogen (secondary N) is 1. The van der Waals surface area contributed by atoms with Crippen LogP contribution in [0.5, 0.6) is 11.5 Å². The van der Waals surface area contributed by atoms with E-state index in [4.69, 9.17) is 14.9 Å². The first-order valence-electron chi connectivity index (χ1n) is 5.23. The van der Waals surface area contributed by atoms with E-state index in [9.17, 15) is 4.79 Å². The number of rotatable bonds is 2. The molecule has 2 aromatic heterocycles. The lowest BCUT2D eigenvalue weighted by Gasteiger charge is -2.05. The van der Waals surface area contributed by atoms with Crippen molar-refractivity contribution < 1.29 is 9.15 Å². The van der Waals surface area contributed by atoms with Gasteiger partial charge in [-0.05, 0) is 24.3 Å². The summed E-state index contributed by atoms with van der Waals surface area (Å²) in [6, 6.07) is 8.52. The van der Waals surface area contributed by atoms with Crippen molar-refractivity contribution in [3.8, 4) is 11.5 Å². The van der Waals surface area contributed by atoms with E-state index < -0.39 is 5.76 Å². The summed E-state index contributed by atoms with van der Waals surface area (Å²) in [4.78, 5) is 17.5. The molecule has 0 radical (unpaired) electrons. The zero-order valence-corrected chi connectivity index (χ0v) is 9.21. The number of hydrogen-bond acceptors (Lipinski definition) is 5. The van der Waals surface area contributed by atoms with Gasteiger partial charge in [-0.25, -0.2) is 9.78 Å². The minimum absolute atomic E-state index is 0.291. The highest BCUT2D eigenvalue weighted by Crippen LogP contribution is 2.27. The fraction of sp³-hybridized carbons (Fsp3) is 0. The number of pyridine rings is 1. The zero-order valence-electron chi connectivity index (χ0n) is 9.21. The van der Waals surface area contributed by atoms with Gasteiger partial charge in [0, 0.05) is 18.0 Å². The summed E-state index contributed by atoms with van der Waals surface area (Å²) in [6.45, 7) is 0. The van der Waals surface area contributed by atoms with Crippen LogP contribution in [0, 0.1) is 0 Å². The molecular formula is C12H9N3O3. The maximum Gasteiger partial charge on any atom is 0.418 e. The molecule has 1 aromatic carbocycles. The van der Waals surface area contributed by atoms with E-state index in [2.05, 4.69) is 9.97 Å². The molecule has 3 rings (SSSR count).